The molecule has 1 aromatic heterocycles. The maximum atomic E-state index is 11.6. The molecule has 3 rings (SSSR count). The van der Waals surface area contributed by atoms with Crippen LogP contribution in [0.5, 0.6) is 0 Å². The van der Waals surface area contributed by atoms with Gasteiger partial charge in [-0.3, -0.25) is 10.1 Å². The number of hydrogen-bond acceptors (Lipinski definition) is 6. The zero-order valence-electron chi connectivity index (χ0n) is 11.5. The number of carbonyl (C=O) groups is 1. The fourth-order valence-electron chi connectivity index (χ4n) is 2.74. The van der Waals surface area contributed by atoms with Gasteiger partial charge in [0.05, 0.1) is 17.1 Å². The lowest BCUT2D eigenvalue weighted by atomic mass is 10.2. The lowest BCUT2D eigenvalue weighted by molar-refractivity contribution is -0.383. The molecular weight excluding hydrogens is 296 g/mol. The van der Waals surface area contributed by atoms with E-state index in [1.165, 1.54) is 17.4 Å². The molecule has 0 aromatic carbocycles. The lowest BCUT2D eigenvalue weighted by Crippen LogP contribution is -2.52. The minimum Gasteiger partial charge on any atom is -0.388 e. The molecule has 2 aliphatic heterocycles. The number of nitrogens with one attached hydrogen (secondary N) is 1. The van der Waals surface area contributed by atoms with Crippen LogP contribution in [0.1, 0.15) is 17.9 Å². The summed E-state index contributed by atoms with van der Waals surface area (Å²) in [4.78, 5) is 26.7. The third-order valence-corrected chi connectivity index (χ3v) is 5.20. The van der Waals surface area contributed by atoms with Crippen LogP contribution in [0.4, 0.5) is 15.5 Å². The van der Waals surface area contributed by atoms with Crippen LogP contribution in [0.2, 0.25) is 0 Å². The number of rotatable bonds is 3. The number of piperazine rings is 1. The Hall–Kier alpha value is -1.87. The molecule has 2 N–H and O–H groups in total. The Labute approximate surface area is 125 Å². The molecule has 2 atom stereocenters. The van der Waals surface area contributed by atoms with Gasteiger partial charge in [0.25, 0.3) is 0 Å². The maximum Gasteiger partial charge on any atom is 0.317 e. The Balaban J connectivity index is 1.87. The van der Waals surface area contributed by atoms with Crippen LogP contribution in [0.25, 0.3) is 0 Å². The van der Waals surface area contributed by atoms with E-state index in [1.807, 2.05) is 4.90 Å². The molecule has 9 heteroatoms. The van der Waals surface area contributed by atoms with E-state index in [0.29, 0.717) is 36.1 Å². The standard InChI is InChI=1S/C12H16N4O4S/c1-7(17)10-4-9(16(19)20)11(21-10)14-2-3-15-8(6-14)5-13-12(15)18/h4,7-8,17H,2-3,5-6H2,1H3,(H,13,18)/t7-,8?/m1/s1. The molecule has 2 saturated heterocycles. The third kappa shape index (κ3) is 2.42. The molecule has 0 spiro atoms. The van der Waals surface area contributed by atoms with E-state index in [4.69, 9.17) is 0 Å². The van der Waals surface area contributed by atoms with E-state index in [2.05, 4.69) is 5.32 Å². The van der Waals surface area contributed by atoms with Crippen molar-refractivity contribution in [1.29, 1.82) is 0 Å². The Bertz CT molecular complexity index is 588. The van der Waals surface area contributed by atoms with Crippen LogP contribution < -0.4 is 10.2 Å². The first-order valence-corrected chi connectivity index (χ1v) is 7.54. The van der Waals surface area contributed by atoms with Gasteiger partial charge < -0.3 is 20.2 Å². The van der Waals surface area contributed by atoms with Gasteiger partial charge in [0.1, 0.15) is 0 Å². The molecule has 0 saturated carbocycles. The smallest absolute Gasteiger partial charge is 0.317 e. The zero-order valence-corrected chi connectivity index (χ0v) is 12.3. The van der Waals surface area contributed by atoms with Crippen LogP contribution in [0, 0.1) is 10.1 Å². The van der Waals surface area contributed by atoms with Crippen molar-refractivity contribution in [2.24, 2.45) is 0 Å². The summed E-state index contributed by atoms with van der Waals surface area (Å²) in [6.45, 7) is 3.84. The summed E-state index contributed by atoms with van der Waals surface area (Å²) >= 11 is 1.25. The van der Waals surface area contributed by atoms with Crippen molar-refractivity contribution < 1.29 is 14.8 Å². The first kappa shape index (κ1) is 14.1. The summed E-state index contributed by atoms with van der Waals surface area (Å²) in [6.07, 6.45) is -0.724. The Morgan fingerprint density at radius 1 is 1.57 bits per heavy atom. The summed E-state index contributed by atoms with van der Waals surface area (Å²) in [5.74, 6) is 0. The third-order valence-electron chi connectivity index (χ3n) is 3.84. The first-order valence-electron chi connectivity index (χ1n) is 6.73. The van der Waals surface area contributed by atoms with Crippen LogP contribution in [0.15, 0.2) is 6.07 Å². The van der Waals surface area contributed by atoms with Crippen LogP contribution >= 0.6 is 11.3 Å². The quantitative estimate of drug-likeness (QED) is 0.639. The molecule has 8 nitrogen and oxygen atoms in total. The molecule has 1 unspecified atom stereocenters. The highest BCUT2D eigenvalue weighted by molar-refractivity contribution is 7.16. The van der Waals surface area contributed by atoms with Crippen LogP contribution in [-0.4, -0.2) is 53.2 Å². The van der Waals surface area contributed by atoms with Gasteiger partial charge in [-0.05, 0) is 6.92 Å². The van der Waals surface area contributed by atoms with E-state index in [-0.39, 0.29) is 17.8 Å². The highest BCUT2D eigenvalue weighted by Gasteiger charge is 2.37. The van der Waals surface area contributed by atoms with Crippen molar-refractivity contribution in [2.45, 2.75) is 19.1 Å². The highest BCUT2D eigenvalue weighted by atomic mass is 32.1. The molecule has 0 aliphatic carbocycles. The van der Waals surface area contributed by atoms with Gasteiger partial charge >= 0.3 is 11.7 Å². The van der Waals surface area contributed by atoms with Crippen molar-refractivity contribution >= 4 is 28.1 Å². The molecule has 0 bridgehead atoms. The van der Waals surface area contributed by atoms with E-state index in [1.54, 1.807) is 11.8 Å². The molecule has 0 radical (unpaired) electrons. The summed E-state index contributed by atoms with van der Waals surface area (Å²) < 4.78 is 0. The molecule has 2 aliphatic rings. The van der Waals surface area contributed by atoms with Crippen LogP contribution in [0.3, 0.4) is 0 Å². The molecule has 3 heterocycles. The predicted molar refractivity (Wildman–Crippen MR) is 77.7 cm³/mol. The second kappa shape index (κ2) is 5.15. The summed E-state index contributed by atoms with van der Waals surface area (Å²) in [5.41, 5.74) is 0.0293. The topological polar surface area (TPSA) is 98.9 Å². The van der Waals surface area contributed by atoms with Crippen LogP contribution in [-0.2, 0) is 0 Å². The molecule has 1 aromatic rings. The van der Waals surface area contributed by atoms with E-state index in [9.17, 15) is 20.0 Å². The summed E-state index contributed by atoms with van der Waals surface area (Å²) in [7, 11) is 0. The van der Waals surface area contributed by atoms with Gasteiger partial charge in [-0.25, -0.2) is 4.79 Å². The Morgan fingerprint density at radius 3 is 3.00 bits per heavy atom. The first-order chi connectivity index (χ1) is 9.97. The van der Waals surface area contributed by atoms with Gasteiger partial charge in [-0.2, -0.15) is 0 Å². The minimum absolute atomic E-state index is 0.0293. The normalized spacial score (nSPS) is 23.0. The van der Waals surface area contributed by atoms with Crippen molar-refractivity contribution in [3.05, 3.63) is 21.1 Å². The fourth-order valence-corrected chi connectivity index (χ4v) is 3.84. The summed E-state index contributed by atoms with van der Waals surface area (Å²) in [6, 6.07) is 1.42. The number of fused-ring (bicyclic) bond motifs is 1. The van der Waals surface area contributed by atoms with Gasteiger partial charge in [0.2, 0.25) is 0 Å². The van der Waals surface area contributed by atoms with Gasteiger partial charge in [0, 0.05) is 37.1 Å². The number of urea groups is 1. The average Bonchev–Trinajstić information content (AvgIpc) is 3.03. The average molecular weight is 312 g/mol. The van der Waals surface area contributed by atoms with Crippen molar-refractivity contribution in [3.63, 3.8) is 0 Å². The molecule has 2 amide bonds. The Morgan fingerprint density at radius 2 is 2.33 bits per heavy atom. The van der Waals surface area contributed by atoms with Gasteiger partial charge in [-0.1, -0.05) is 0 Å². The van der Waals surface area contributed by atoms with Crippen molar-refractivity contribution in [1.82, 2.24) is 10.2 Å². The zero-order chi connectivity index (χ0) is 15.1. The number of aliphatic hydroxyl groups excluding tert-OH is 1. The van der Waals surface area contributed by atoms with Crippen molar-refractivity contribution in [3.8, 4) is 0 Å². The van der Waals surface area contributed by atoms with Crippen molar-refractivity contribution in [2.75, 3.05) is 31.1 Å². The molecular formula is C12H16N4O4S. The number of nitro groups is 1. The lowest BCUT2D eigenvalue weighted by Gasteiger charge is -2.36. The monoisotopic (exact) mass is 312 g/mol. The highest BCUT2D eigenvalue weighted by Crippen LogP contribution is 2.41. The number of thiophene rings is 1. The van der Waals surface area contributed by atoms with E-state index < -0.39 is 11.0 Å². The molecule has 2 fully saturated rings. The number of nitrogens with zero attached hydrogens (tertiary/aromatic N) is 3. The maximum absolute atomic E-state index is 11.6. The second-order valence-electron chi connectivity index (χ2n) is 5.25. The number of carbonyl (C=O) groups excluding carboxylic acids is 1. The number of amides is 2. The minimum atomic E-state index is -0.724. The number of aliphatic hydroxyl groups is 1. The molecule has 21 heavy (non-hydrogen) atoms. The fraction of sp³-hybridized carbons (Fsp3) is 0.583. The van der Waals surface area contributed by atoms with Gasteiger partial charge in [0.15, 0.2) is 5.00 Å². The van der Waals surface area contributed by atoms with E-state index in [0.717, 1.165) is 0 Å². The number of anilines is 1. The number of hydrogen-bond donors (Lipinski definition) is 2. The van der Waals surface area contributed by atoms with Gasteiger partial charge in [-0.15, -0.1) is 11.3 Å². The predicted octanol–water partition coefficient (Wildman–Crippen LogP) is 0.923. The molecule has 114 valence electrons. The van der Waals surface area contributed by atoms with E-state index >= 15 is 0 Å². The largest absolute Gasteiger partial charge is 0.388 e. The SMILES string of the molecule is C[C@@H](O)c1cc([N+](=O)[O-])c(N2CCN3C(=O)NCC3C2)s1. The Kier molecular flexibility index (Phi) is 3.46. The second-order valence-corrected chi connectivity index (χ2v) is 6.31. The summed E-state index contributed by atoms with van der Waals surface area (Å²) in [5, 5.41) is 24.2.